The molecule has 0 N–H and O–H groups in total. The van der Waals surface area contributed by atoms with Crippen LogP contribution in [-0.2, 0) is 19.6 Å². The molecule has 0 atom stereocenters. The predicted molar refractivity (Wildman–Crippen MR) is 251 cm³/mol. The van der Waals surface area contributed by atoms with Crippen LogP contribution in [-0.4, -0.2) is 38.1 Å². The Morgan fingerprint density at radius 1 is 0.443 bits per heavy atom. The molecular weight excluding hydrogens is 808 g/mol. The summed E-state index contributed by atoms with van der Waals surface area (Å²) in [6, 6.07) is 3.14. The molecule has 0 radical (unpaired) electrons. The summed E-state index contributed by atoms with van der Waals surface area (Å²) in [5, 5.41) is 0. The summed E-state index contributed by atoms with van der Waals surface area (Å²) in [5.41, 5.74) is -0.345. The molecular formula is C52H89KO7S. The fourth-order valence-corrected chi connectivity index (χ4v) is 8.12. The standard InChI is InChI=1S/C52H90O7S.K/c1-3-5-7-9-11-13-15-17-19-21-23-25-27-29-31-33-35-37-39-41-45-58-51(53)49-44-43-48(60(55,56)57)47-50(49)52(54)59-46-42-40-38-36-34-32-30-28-26-24-22-20-18-16-14-12-10-8-6-4-2;/h25-28,43-44,47H,3-24,29-42,45-46H2,1-2H3,(H,55,56,57);/q;+1/p-1/b27-25+,28-26+;. The maximum absolute atomic E-state index is 13.0. The number of hydrogen-bond acceptors (Lipinski definition) is 7. The zero-order valence-corrected chi connectivity index (χ0v) is 43.6. The van der Waals surface area contributed by atoms with Gasteiger partial charge in [-0.15, -0.1) is 0 Å². The first-order chi connectivity index (χ1) is 29.3. The van der Waals surface area contributed by atoms with E-state index in [1.165, 1.54) is 173 Å². The minimum Gasteiger partial charge on any atom is -0.744 e. The molecule has 0 unspecified atom stereocenters. The Morgan fingerprint density at radius 2 is 0.721 bits per heavy atom. The van der Waals surface area contributed by atoms with Gasteiger partial charge in [0.05, 0.1) is 29.2 Å². The number of benzene rings is 1. The first-order valence-corrected chi connectivity index (χ1v) is 26.5. The van der Waals surface area contributed by atoms with Crippen LogP contribution in [0.25, 0.3) is 0 Å². The zero-order chi connectivity index (χ0) is 43.6. The van der Waals surface area contributed by atoms with Crippen molar-refractivity contribution in [3.05, 3.63) is 53.6 Å². The molecule has 1 rings (SSSR count). The first kappa shape index (κ1) is 60.2. The molecule has 0 aliphatic carbocycles. The summed E-state index contributed by atoms with van der Waals surface area (Å²) >= 11 is 0. The normalized spacial score (nSPS) is 11.7. The fourth-order valence-electron chi connectivity index (χ4n) is 7.62. The third kappa shape index (κ3) is 37.1. The number of hydrogen-bond donors (Lipinski definition) is 0. The summed E-state index contributed by atoms with van der Waals surface area (Å²) in [5.74, 6) is -1.55. The van der Waals surface area contributed by atoms with Crippen LogP contribution in [0, 0.1) is 0 Å². The van der Waals surface area contributed by atoms with Gasteiger partial charge in [0.2, 0.25) is 0 Å². The van der Waals surface area contributed by atoms with E-state index < -0.39 is 27.0 Å². The minimum absolute atomic E-state index is 0. The molecule has 9 heteroatoms. The van der Waals surface area contributed by atoms with Crippen molar-refractivity contribution in [3.63, 3.8) is 0 Å². The molecule has 61 heavy (non-hydrogen) atoms. The van der Waals surface area contributed by atoms with Crippen LogP contribution >= 0.6 is 0 Å². The molecule has 7 nitrogen and oxygen atoms in total. The van der Waals surface area contributed by atoms with Crippen molar-refractivity contribution >= 4 is 22.1 Å². The number of rotatable bonds is 43. The van der Waals surface area contributed by atoms with Gasteiger partial charge in [-0.25, -0.2) is 18.0 Å². The van der Waals surface area contributed by atoms with E-state index in [4.69, 9.17) is 9.47 Å². The average Bonchev–Trinajstić information content (AvgIpc) is 3.24. The number of carbonyl (C=O) groups excluding carboxylic acids is 2. The SMILES string of the molecule is CCCCCCCCCCCC/C=C/CCCCCCCCOC(=O)c1ccc(S(=O)(=O)[O-])cc1C(=O)OCCCCCCCC/C=C/CCCCCCCCCCCC.[K+]. The van der Waals surface area contributed by atoms with Crippen molar-refractivity contribution in [1.82, 2.24) is 0 Å². The molecule has 0 saturated carbocycles. The maximum Gasteiger partial charge on any atom is 1.00 e. The van der Waals surface area contributed by atoms with E-state index in [-0.39, 0.29) is 75.7 Å². The largest absolute Gasteiger partial charge is 1.00 e. The van der Waals surface area contributed by atoms with Crippen molar-refractivity contribution in [2.24, 2.45) is 0 Å². The second kappa shape index (κ2) is 44.4. The Bertz CT molecular complexity index is 1340. The number of ether oxygens (including phenoxy) is 2. The van der Waals surface area contributed by atoms with E-state index >= 15 is 0 Å². The summed E-state index contributed by atoms with van der Waals surface area (Å²) in [4.78, 5) is 25.3. The average molecular weight is 897 g/mol. The van der Waals surface area contributed by atoms with E-state index in [0.717, 1.165) is 63.5 Å². The molecule has 0 amide bonds. The molecule has 0 fully saturated rings. The number of unbranched alkanes of at least 4 members (excludes halogenated alkanes) is 32. The van der Waals surface area contributed by atoms with Crippen molar-refractivity contribution in [2.75, 3.05) is 13.2 Å². The zero-order valence-electron chi connectivity index (χ0n) is 39.7. The Balaban J connectivity index is 0.0000360. The quantitative estimate of drug-likeness (QED) is 0.0211. The van der Waals surface area contributed by atoms with Crippen LogP contribution in [0.2, 0.25) is 0 Å². The molecule has 346 valence electrons. The Morgan fingerprint density at radius 3 is 1.03 bits per heavy atom. The summed E-state index contributed by atoms with van der Waals surface area (Å²) in [6.45, 7) is 4.89. The van der Waals surface area contributed by atoms with Gasteiger partial charge in [-0.2, -0.15) is 0 Å². The van der Waals surface area contributed by atoms with Crippen LogP contribution < -0.4 is 51.4 Å². The third-order valence-electron chi connectivity index (χ3n) is 11.5. The summed E-state index contributed by atoms with van der Waals surface area (Å²) in [6.07, 6.45) is 53.7. The molecule has 0 aliphatic rings. The van der Waals surface area contributed by atoms with Crippen molar-refractivity contribution in [1.29, 1.82) is 0 Å². The number of allylic oxidation sites excluding steroid dienone is 4. The van der Waals surface area contributed by atoms with Crippen LogP contribution in [0.15, 0.2) is 47.4 Å². The van der Waals surface area contributed by atoms with Gasteiger partial charge in [-0.3, -0.25) is 0 Å². The van der Waals surface area contributed by atoms with Gasteiger partial charge < -0.3 is 14.0 Å². The van der Waals surface area contributed by atoms with Crippen molar-refractivity contribution < 1.29 is 83.4 Å². The predicted octanol–water partition coefficient (Wildman–Crippen LogP) is 13.1. The van der Waals surface area contributed by atoms with Crippen molar-refractivity contribution in [2.45, 2.75) is 250 Å². The Kier molecular flexibility index (Phi) is 43.8. The number of esters is 2. The Hall–Kier alpha value is -0.814. The second-order valence-electron chi connectivity index (χ2n) is 17.1. The van der Waals surface area contributed by atoms with Gasteiger partial charge >= 0.3 is 63.3 Å². The van der Waals surface area contributed by atoms with E-state index in [9.17, 15) is 22.6 Å². The molecule has 0 bridgehead atoms. The third-order valence-corrected chi connectivity index (χ3v) is 12.3. The first-order valence-electron chi connectivity index (χ1n) is 25.0. The summed E-state index contributed by atoms with van der Waals surface area (Å²) < 4.78 is 45.9. The van der Waals surface area contributed by atoms with Gasteiger partial charge in [0, 0.05) is 0 Å². The topological polar surface area (TPSA) is 110 Å². The van der Waals surface area contributed by atoms with Crippen LogP contribution in [0.4, 0.5) is 0 Å². The van der Waals surface area contributed by atoms with Crippen LogP contribution in [0.5, 0.6) is 0 Å². The van der Waals surface area contributed by atoms with Gasteiger partial charge in [-0.1, -0.05) is 205 Å². The molecule has 1 aromatic carbocycles. The van der Waals surface area contributed by atoms with E-state index in [2.05, 4.69) is 38.2 Å². The second-order valence-corrected chi connectivity index (χ2v) is 18.5. The van der Waals surface area contributed by atoms with Gasteiger partial charge in [0.25, 0.3) is 0 Å². The molecule has 0 aliphatic heterocycles. The van der Waals surface area contributed by atoms with E-state index in [1.54, 1.807) is 0 Å². The molecule has 0 heterocycles. The van der Waals surface area contributed by atoms with Crippen LogP contribution in [0.1, 0.15) is 266 Å². The molecule has 0 spiro atoms. The fraction of sp³-hybridized carbons (Fsp3) is 0.769. The number of carbonyl (C=O) groups is 2. The molecule has 0 saturated heterocycles. The molecule has 0 aromatic heterocycles. The Labute approximate surface area is 418 Å². The summed E-state index contributed by atoms with van der Waals surface area (Å²) in [7, 11) is -4.82. The van der Waals surface area contributed by atoms with Crippen molar-refractivity contribution in [3.8, 4) is 0 Å². The molecule has 1 aromatic rings. The van der Waals surface area contributed by atoms with Gasteiger partial charge in [-0.05, 0) is 82.4 Å². The maximum atomic E-state index is 13.0. The van der Waals surface area contributed by atoms with Gasteiger partial charge in [0.15, 0.2) is 0 Å². The minimum atomic E-state index is -4.82. The van der Waals surface area contributed by atoms with E-state index in [1.807, 2.05) is 0 Å². The van der Waals surface area contributed by atoms with Crippen LogP contribution in [0.3, 0.4) is 0 Å². The smallest absolute Gasteiger partial charge is 0.744 e. The van der Waals surface area contributed by atoms with Gasteiger partial charge in [0.1, 0.15) is 10.1 Å². The monoisotopic (exact) mass is 897 g/mol. The van der Waals surface area contributed by atoms with E-state index in [0.29, 0.717) is 12.8 Å².